The summed E-state index contributed by atoms with van der Waals surface area (Å²) >= 11 is 0. The maximum Gasteiger partial charge on any atom is 0.157 e. The molecule has 35 heavy (non-hydrogen) atoms. The van der Waals surface area contributed by atoms with Gasteiger partial charge in [0.15, 0.2) is 5.78 Å². The van der Waals surface area contributed by atoms with Crippen molar-refractivity contribution in [2.24, 2.45) is 0 Å². The van der Waals surface area contributed by atoms with Crippen LogP contribution in [0.2, 0.25) is 0 Å². The summed E-state index contributed by atoms with van der Waals surface area (Å²) in [5.41, 5.74) is 3.21. The van der Waals surface area contributed by atoms with Gasteiger partial charge >= 0.3 is 0 Å². The summed E-state index contributed by atoms with van der Waals surface area (Å²) in [6.07, 6.45) is -0.478. The second-order valence-corrected chi connectivity index (χ2v) is 8.94. The maximum absolute atomic E-state index is 13.1. The second-order valence-electron chi connectivity index (χ2n) is 8.94. The molecule has 6 heteroatoms. The highest BCUT2D eigenvalue weighted by Gasteiger charge is 2.55. The zero-order valence-electron chi connectivity index (χ0n) is 19.7. The van der Waals surface area contributed by atoms with Crippen molar-refractivity contribution in [3.8, 4) is 0 Å². The van der Waals surface area contributed by atoms with Gasteiger partial charge in [-0.2, -0.15) is 5.06 Å². The molecule has 0 saturated carbocycles. The largest absolute Gasteiger partial charge is 0.375 e. The van der Waals surface area contributed by atoms with Gasteiger partial charge in [0.2, 0.25) is 0 Å². The fraction of sp³-hybridized carbons (Fsp3) is 0.345. The van der Waals surface area contributed by atoms with Crippen LogP contribution in [0.1, 0.15) is 23.1 Å². The van der Waals surface area contributed by atoms with E-state index in [0.29, 0.717) is 39.5 Å². The predicted molar refractivity (Wildman–Crippen MR) is 131 cm³/mol. The summed E-state index contributed by atoms with van der Waals surface area (Å²) in [6.45, 7) is 2.02. The summed E-state index contributed by atoms with van der Waals surface area (Å²) in [7, 11) is 0. The Labute approximate surface area is 206 Å². The molecule has 182 valence electrons. The molecule has 4 atom stereocenters. The Morgan fingerprint density at radius 2 is 1.23 bits per heavy atom. The zero-order valence-corrected chi connectivity index (χ0v) is 19.7. The minimum absolute atomic E-state index is 0.119. The molecule has 0 N–H and O–H groups in total. The third-order valence-electron chi connectivity index (χ3n) is 6.50. The number of hydrogen-bond acceptors (Lipinski definition) is 6. The van der Waals surface area contributed by atoms with Gasteiger partial charge in [0.1, 0.15) is 18.2 Å². The maximum atomic E-state index is 13.1. The number of Topliss-reactive ketones (excluding diaryl/α,β-unsaturated/α-hetero) is 1. The van der Waals surface area contributed by atoms with Crippen LogP contribution in [0.4, 0.5) is 0 Å². The van der Waals surface area contributed by atoms with Gasteiger partial charge in [-0.3, -0.25) is 9.63 Å². The first-order chi connectivity index (χ1) is 17.3. The van der Waals surface area contributed by atoms with Crippen LogP contribution in [0.25, 0.3) is 0 Å². The quantitative estimate of drug-likeness (QED) is 0.437. The summed E-state index contributed by atoms with van der Waals surface area (Å²) in [6, 6.07) is 29.3. The Balaban J connectivity index is 1.35. The number of fused-ring (bicyclic) bond motifs is 1. The van der Waals surface area contributed by atoms with Crippen molar-refractivity contribution in [2.45, 2.75) is 50.5 Å². The van der Waals surface area contributed by atoms with Crippen LogP contribution >= 0.6 is 0 Å². The number of hydroxylamine groups is 2. The van der Waals surface area contributed by atoms with Crippen molar-refractivity contribution < 1.29 is 23.8 Å². The van der Waals surface area contributed by atoms with E-state index in [4.69, 9.17) is 19.0 Å². The Morgan fingerprint density at radius 1 is 0.714 bits per heavy atom. The highest BCUT2D eigenvalue weighted by Crippen LogP contribution is 2.35. The Hall–Kier alpha value is -2.87. The monoisotopic (exact) mass is 473 g/mol. The van der Waals surface area contributed by atoms with Crippen LogP contribution in [0.3, 0.4) is 0 Å². The number of hydrogen-bond donors (Lipinski definition) is 0. The average Bonchev–Trinajstić information content (AvgIpc) is 3.21. The minimum Gasteiger partial charge on any atom is -0.375 e. The standard InChI is InChI=1S/C29H31NO5/c31-26-16-17-35-30-25(21-32-18-22-10-4-1-5-11-22)28(33-19-23-12-6-2-7-13-23)29(27(26)30)34-20-24-14-8-3-9-15-24/h1-15,25,27-29H,16-21H2/t25-,27-,28-,29-/m1/s1. The second kappa shape index (κ2) is 11.7. The lowest BCUT2D eigenvalue weighted by molar-refractivity contribution is -0.227. The lowest BCUT2D eigenvalue weighted by Gasteiger charge is -2.32. The third-order valence-corrected chi connectivity index (χ3v) is 6.50. The van der Waals surface area contributed by atoms with Crippen molar-refractivity contribution >= 4 is 5.78 Å². The number of carbonyl (C=O) groups excluding carboxylic acids is 1. The summed E-state index contributed by atoms with van der Waals surface area (Å²) < 4.78 is 19.0. The average molecular weight is 474 g/mol. The first-order valence-corrected chi connectivity index (χ1v) is 12.2. The number of benzene rings is 3. The Bertz CT molecular complexity index is 1060. The van der Waals surface area contributed by atoms with E-state index in [2.05, 4.69) is 0 Å². The van der Waals surface area contributed by atoms with E-state index in [-0.39, 0.29) is 17.9 Å². The molecule has 0 aromatic heterocycles. The molecule has 2 aliphatic heterocycles. The number of ether oxygens (including phenoxy) is 3. The normalized spacial score (nSPS) is 24.4. The van der Waals surface area contributed by atoms with E-state index in [1.807, 2.05) is 91.0 Å². The summed E-state index contributed by atoms with van der Waals surface area (Å²) in [5.74, 6) is 0.119. The molecule has 0 amide bonds. The van der Waals surface area contributed by atoms with Crippen LogP contribution in [0, 0.1) is 0 Å². The van der Waals surface area contributed by atoms with Gasteiger partial charge in [0, 0.05) is 6.42 Å². The molecule has 2 fully saturated rings. The highest BCUT2D eigenvalue weighted by molar-refractivity contribution is 5.85. The third kappa shape index (κ3) is 5.86. The molecule has 2 saturated heterocycles. The van der Waals surface area contributed by atoms with Crippen molar-refractivity contribution in [3.63, 3.8) is 0 Å². The highest BCUT2D eigenvalue weighted by atomic mass is 16.7. The van der Waals surface area contributed by atoms with E-state index in [9.17, 15) is 4.79 Å². The molecule has 0 unspecified atom stereocenters. The van der Waals surface area contributed by atoms with Gasteiger partial charge in [-0.15, -0.1) is 0 Å². The lowest BCUT2D eigenvalue weighted by atomic mass is 10.0. The number of ketones is 1. The molecule has 0 aliphatic carbocycles. The molecule has 5 rings (SSSR count). The molecular formula is C29H31NO5. The van der Waals surface area contributed by atoms with Gasteiger partial charge in [-0.1, -0.05) is 91.0 Å². The Kier molecular flexibility index (Phi) is 7.98. The van der Waals surface area contributed by atoms with Gasteiger partial charge in [0.05, 0.1) is 39.1 Å². The van der Waals surface area contributed by atoms with Gasteiger partial charge in [-0.25, -0.2) is 0 Å². The molecule has 0 spiro atoms. The van der Waals surface area contributed by atoms with Crippen LogP contribution < -0.4 is 0 Å². The number of carbonyl (C=O) groups is 1. The number of nitrogens with zero attached hydrogens (tertiary/aromatic N) is 1. The molecule has 0 radical (unpaired) electrons. The minimum atomic E-state index is -0.515. The molecule has 2 heterocycles. The first kappa shape index (κ1) is 23.9. The first-order valence-electron chi connectivity index (χ1n) is 12.2. The molecule has 2 aliphatic rings. The molecular weight excluding hydrogens is 442 g/mol. The smallest absolute Gasteiger partial charge is 0.157 e. The molecule has 6 nitrogen and oxygen atoms in total. The van der Waals surface area contributed by atoms with E-state index < -0.39 is 12.1 Å². The van der Waals surface area contributed by atoms with Gasteiger partial charge < -0.3 is 14.2 Å². The van der Waals surface area contributed by atoms with Crippen molar-refractivity contribution in [3.05, 3.63) is 108 Å². The van der Waals surface area contributed by atoms with Crippen molar-refractivity contribution in [1.82, 2.24) is 5.06 Å². The van der Waals surface area contributed by atoms with Crippen LogP contribution in [0.5, 0.6) is 0 Å². The molecule has 3 aromatic rings. The lowest BCUT2D eigenvalue weighted by Crippen LogP contribution is -2.49. The van der Waals surface area contributed by atoms with Crippen LogP contribution in [0.15, 0.2) is 91.0 Å². The SMILES string of the molecule is O=C1CCON2[C@H](COCc3ccccc3)[C@@H](OCc3ccccc3)[C@H](OCc3ccccc3)[C@@H]12. The topological polar surface area (TPSA) is 57.2 Å². The predicted octanol–water partition coefficient (Wildman–Crippen LogP) is 4.33. The van der Waals surface area contributed by atoms with Crippen LogP contribution in [-0.2, 0) is 43.7 Å². The fourth-order valence-corrected chi connectivity index (χ4v) is 4.76. The van der Waals surface area contributed by atoms with E-state index in [1.165, 1.54) is 0 Å². The fourth-order valence-electron chi connectivity index (χ4n) is 4.76. The van der Waals surface area contributed by atoms with Crippen LogP contribution in [-0.4, -0.2) is 48.4 Å². The van der Waals surface area contributed by atoms with Gasteiger partial charge in [-0.05, 0) is 16.7 Å². The Morgan fingerprint density at radius 3 is 1.80 bits per heavy atom. The van der Waals surface area contributed by atoms with E-state index in [0.717, 1.165) is 16.7 Å². The van der Waals surface area contributed by atoms with E-state index >= 15 is 0 Å². The molecule has 3 aromatic carbocycles. The number of rotatable bonds is 10. The van der Waals surface area contributed by atoms with Gasteiger partial charge in [0.25, 0.3) is 0 Å². The summed E-state index contributed by atoms with van der Waals surface area (Å²) in [4.78, 5) is 19.1. The van der Waals surface area contributed by atoms with Crippen molar-refractivity contribution in [1.29, 1.82) is 0 Å². The van der Waals surface area contributed by atoms with Crippen molar-refractivity contribution in [2.75, 3.05) is 13.2 Å². The zero-order chi connectivity index (χ0) is 23.9. The van der Waals surface area contributed by atoms with E-state index in [1.54, 1.807) is 5.06 Å². The molecule has 0 bridgehead atoms. The summed E-state index contributed by atoms with van der Waals surface area (Å²) in [5, 5.41) is 1.78.